The Balaban J connectivity index is 1.47. The van der Waals surface area contributed by atoms with Crippen LogP contribution in [0.4, 0.5) is 5.69 Å². The fraction of sp³-hybridized carbons (Fsp3) is 0. The van der Waals surface area contributed by atoms with Gasteiger partial charge in [-0.15, -0.1) is 0 Å². The second-order valence-corrected chi connectivity index (χ2v) is 6.82. The topological polar surface area (TPSA) is 74.8 Å². The quantitative estimate of drug-likeness (QED) is 0.349. The van der Waals surface area contributed by atoms with E-state index in [1.54, 1.807) is 42.5 Å². The largest absolute Gasteiger partial charge is 0.335 e. The van der Waals surface area contributed by atoms with E-state index in [0.29, 0.717) is 16.3 Å². The summed E-state index contributed by atoms with van der Waals surface area (Å²) in [4.78, 5) is 32.0. The molecule has 1 heterocycles. The summed E-state index contributed by atoms with van der Waals surface area (Å²) >= 11 is 5.85. The van der Waals surface area contributed by atoms with E-state index in [0.717, 1.165) is 16.6 Å². The Kier molecular flexibility index (Phi) is 5.22. The van der Waals surface area contributed by atoms with E-state index in [1.807, 2.05) is 36.4 Å². The number of benzene rings is 3. The summed E-state index contributed by atoms with van der Waals surface area (Å²) in [6.07, 6.45) is 3.14. The third-order valence-corrected chi connectivity index (χ3v) is 4.55. The van der Waals surface area contributed by atoms with Crippen LogP contribution >= 0.6 is 11.6 Å². The van der Waals surface area contributed by atoms with E-state index < -0.39 is 0 Å². The smallest absolute Gasteiger partial charge is 0.255 e. The van der Waals surface area contributed by atoms with Crippen molar-refractivity contribution in [3.63, 3.8) is 0 Å². The van der Waals surface area contributed by atoms with Gasteiger partial charge in [0.2, 0.25) is 5.78 Å². The molecule has 0 bridgehead atoms. The van der Waals surface area contributed by atoms with Crippen molar-refractivity contribution >= 4 is 46.1 Å². The number of imidazole rings is 1. The van der Waals surface area contributed by atoms with Gasteiger partial charge in [-0.05, 0) is 60.2 Å². The summed E-state index contributed by atoms with van der Waals surface area (Å²) in [7, 11) is 0. The van der Waals surface area contributed by atoms with E-state index >= 15 is 0 Å². The van der Waals surface area contributed by atoms with Gasteiger partial charge in [-0.25, -0.2) is 4.98 Å². The molecule has 5 nitrogen and oxygen atoms in total. The van der Waals surface area contributed by atoms with E-state index in [9.17, 15) is 9.59 Å². The second-order valence-electron chi connectivity index (χ2n) is 6.39. The Bertz CT molecular complexity index is 1190. The summed E-state index contributed by atoms with van der Waals surface area (Å²) in [6, 6.07) is 21.4. The highest BCUT2D eigenvalue weighted by Crippen LogP contribution is 2.16. The predicted octanol–water partition coefficient (Wildman–Crippen LogP) is 5.36. The van der Waals surface area contributed by atoms with Crippen molar-refractivity contribution in [1.82, 2.24) is 9.97 Å². The van der Waals surface area contributed by atoms with Crippen LogP contribution in [0, 0.1) is 0 Å². The number of amides is 1. The lowest BCUT2D eigenvalue weighted by molar-refractivity contribution is 0.102. The molecule has 2 N–H and O–H groups in total. The maximum Gasteiger partial charge on any atom is 0.255 e. The summed E-state index contributed by atoms with van der Waals surface area (Å²) in [5.74, 6) is -0.174. The van der Waals surface area contributed by atoms with Crippen molar-refractivity contribution in [2.75, 3.05) is 5.32 Å². The Morgan fingerprint density at radius 3 is 2.55 bits per heavy atom. The molecule has 29 heavy (non-hydrogen) atoms. The molecule has 142 valence electrons. The molecule has 0 aliphatic rings. The number of hydrogen-bond acceptors (Lipinski definition) is 3. The fourth-order valence-electron chi connectivity index (χ4n) is 2.84. The van der Waals surface area contributed by atoms with Gasteiger partial charge in [-0.2, -0.15) is 0 Å². The second kappa shape index (κ2) is 8.12. The van der Waals surface area contributed by atoms with E-state index in [1.165, 1.54) is 6.08 Å². The molecule has 0 unspecified atom stereocenters. The Labute approximate surface area is 172 Å². The molecule has 4 aromatic rings. The van der Waals surface area contributed by atoms with Crippen molar-refractivity contribution in [2.24, 2.45) is 0 Å². The highest BCUT2D eigenvalue weighted by Gasteiger charge is 2.09. The molecule has 6 heteroatoms. The number of ketones is 1. The van der Waals surface area contributed by atoms with Gasteiger partial charge in [0.15, 0.2) is 5.82 Å². The first-order valence-corrected chi connectivity index (χ1v) is 9.30. The van der Waals surface area contributed by atoms with Crippen LogP contribution in [-0.2, 0) is 0 Å². The molecular formula is C23H16ClN3O2. The predicted molar refractivity (Wildman–Crippen MR) is 115 cm³/mol. The number of anilines is 1. The number of allylic oxidation sites excluding steroid dienone is 1. The molecule has 3 aromatic carbocycles. The van der Waals surface area contributed by atoms with Crippen LogP contribution in [0.2, 0.25) is 5.02 Å². The highest BCUT2D eigenvalue weighted by atomic mass is 35.5. The van der Waals surface area contributed by atoms with Crippen LogP contribution < -0.4 is 5.32 Å². The summed E-state index contributed by atoms with van der Waals surface area (Å²) < 4.78 is 0. The van der Waals surface area contributed by atoms with Crippen LogP contribution in [0.1, 0.15) is 26.5 Å². The number of carbonyl (C=O) groups excluding carboxylic acids is 2. The monoisotopic (exact) mass is 401 g/mol. The molecule has 1 amide bonds. The van der Waals surface area contributed by atoms with Gasteiger partial charge in [0.1, 0.15) is 0 Å². The molecule has 0 saturated carbocycles. The number of carbonyl (C=O) groups is 2. The lowest BCUT2D eigenvalue weighted by Crippen LogP contribution is -2.11. The number of aromatic nitrogens is 2. The van der Waals surface area contributed by atoms with Crippen molar-refractivity contribution in [2.45, 2.75) is 0 Å². The zero-order chi connectivity index (χ0) is 20.2. The van der Waals surface area contributed by atoms with Crippen molar-refractivity contribution in [3.8, 4) is 0 Å². The minimum Gasteiger partial charge on any atom is -0.335 e. The SMILES string of the molecule is O=C(Nc1cccc(/C=C/C(=O)c2nc3ccccc3[nH]2)c1)c1ccc(Cl)cc1. The first-order valence-electron chi connectivity index (χ1n) is 8.93. The zero-order valence-electron chi connectivity index (χ0n) is 15.2. The van der Waals surface area contributed by atoms with Crippen molar-refractivity contribution in [1.29, 1.82) is 0 Å². The number of aromatic amines is 1. The first kappa shape index (κ1) is 18.7. The molecule has 0 aliphatic heterocycles. The molecule has 0 spiro atoms. The number of H-pyrrole nitrogens is 1. The van der Waals surface area contributed by atoms with Gasteiger partial charge in [0, 0.05) is 16.3 Å². The molecule has 0 atom stereocenters. The standard InChI is InChI=1S/C23H16ClN3O2/c24-17-11-9-16(10-12-17)23(29)25-18-5-3-4-15(14-18)8-13-21(28)22-26-19-6-1-2-7-20(19)27-22/h1-14H,(H,25,29)(H,26,27)/b13-8+. The Morgan fingerprint density at radius 1 is 0.966 bits per heavy atom. The normalized spacial score (nSPS) is 11.1. The number of fused-ring (bicyclic) bond motifs is 1. The zero-order valence-corrected chi connectivity index (χ0v) is 16.0. The third kappa shape index (κ3) is 4.42. The average Bonchev–Trinajstić information content (AvgIpc) is 3.17. The highest BCUT2D eigenvalue weighted by molar-refractivity contribution is 6.30. The first-order chi connectivity index (χ1) is 14.1. The average molecular weight is 402 g/mol. The van der Waals surface area contributed by atoms with E-state index in [4.69, 9.17) is 11.6 Å². The number of halogens is 1. The molecule has 0 saturated heterocycles. The molecule has 0 fully saturated rings. The van der Waals surface area contributed by atoms with Gasteiger partial charge in [-0.1, -0.05) is 41.9 Å². The molecule has 0 radical (unpaired) electrons. The summed E-state index contributed by atoms with van der Waals surface area (Å²) in [5.41, 5.74) is 3.48. The maximum atomic E-state index is 12.4. The van der Waals surface area contributed by atoms with Crippen molar-refractivity contribution in [3.05, 3.63) is 101 Å². The fourth-order valence-corrected chi connectivity index (χ4v) is 2.97. The molecular weight excluding hydrogens is 386 g/mol. The van der Waals surface area contributed by atoms with Gasteiger partial charge < -0.3 is 10.3 Å². The number of hydrogen-bond donors (Lipinski definition) is 2. The van der Waals surface area contributed by atoms with Crippen LogP contribution in [0.25, 0.3) is 17.1 Å². The molecule has 4 rings (SSSR count). The van der Waals surface area contributed by atoms with Crippen LogP contribution in [0.15, 0.2) is 78.9 Å². The van der Waals surface area contributed by atoms with Gasteiger partial charge >= 0.3 is 0 Å². The van der Waals surface area contributed by atoms with Gasteiger partial charge in [-0.3, -0.25) is 9.59 Å². The number of para-hydroxylation sites is 2. The van der Waals surface area contributed by atoms with Gasteiger partial charge in [0.25, 0.3) is 5.91 Å². The minimum absolute atomic E-state index is 0.225. The lowest BCUT2D eigenvalue weighted by Gasteiger charge is -2.06. The van der Waals surface area contributed by atoms with Crippen LogP contribution in [0.3, 0.4) is 0 Å². The lowest BCUT2D eigenvalue weighted by atomic mass is 10.1. The number of nitrogens with one attached hydrogen (secondary N) is 2. The minimum atomic E-state index is -0.235. The van der Waals surface area contributed by atoms with E-state index in [2.05, 4.69) is 15.3 Å². The van der Waals surface area contributed by atoms with Crippen molar-refractivity contribution < 1.29 is 9.59 Å². The van der Waals surface area contributed by atoms with Crippen LogP contribution in [0.5, 0.6) is 0 Å². The number of rotatable bonds is 5. The third-order valence-electron chi connectivity index (χ3n) is 4.30. The maximum absolute atomic E-state index is 12.4. The summed E-state index contributed by atoms with van der Waals surface area (Å²) in [6.45, 7) is 0. The Morgan fingerprint density at radius 2 is 1.76 bits per heavy atom. The van der Waals surface area contributed by atoms with E-state index in [-0.39, 0.29) is 17.5 Å². The van der Waals surface area contributed by atoms with Gasteiger partial charge in [0.05, 0.1) is 11.0 Å². The molecule has 0 aliphatic carbocycles. The number of nitrogens with zero attached hydrogens (tertiary/aromatic N) is 1. The molecule has 1 aromatic heterocycles. The summed E-state index contributed by atoms with van der Waals surface area (Å²) in [5, 5.41) is 3.41. The van der Waals surface area contributed by atoms with Crippen LogP contribution in [-0.4, -0.2) is 21.7 Å². The Hall–Kier alpha value is -3.70.